The zero-order chi connectivity index (χ0) is 17.8. The van der Waals surface area contributed by atoms with E-state index < -0.39 is 6.10 Å². The fraction of sp³-hybridized carbons (Fsp3) is 0.0952. The number of nitrogens with one attached hydrogen (secondary N) is 1. The van der Waals surface area contributed by atoms with Crippen LogP contribution < -0.4 is 19.5 Å². The summed E-state index contributed by atoms with van der Waals surface area (Å²) in [5.41, 5.74) is 0.630. The van der Waals surface area contributed by atoms with Crippen molar-refractivity contribution in [1.82, 2.24) is 0 Å². The molecule has 1 aliphatic heterocycles. The first kappa shape index (κ1) is 16.0. The Balaban J connectivity index is 1.43. The van der Waals surface area contributed by atoms with Crippen molar-refractivity contribution >= 4 is 11.6 Å². The summed E-state index contributed by atoms with van der Waals surface area (Å²) < 4.78 is 17.1. The predicted octanol–water partition coefficient (Wildman–Crippen LogP) is 4.26. The molecule has 5 nitrogen and oxygen atoms in total. The van der Waals surface area contributed by atoms with Crippen LogP contribution in [0.3, 0.4) is 0 Å². The fourth-order valence-electron chi connectivity index (χ4n) is 2.63. The average molecular weight is 347 g/mol. The van der Waals surface area contributed by atoms with Crippen molar-refractivity contribution in [3.05, 3.63) is 78.9 Å². The lowest BCUT2D eigenvalue weighted by Gasteiger charge is -2.25. The Morgan fingerprint density at radius 1 is 0.885 bits per heavy atom. The molecular weight excluding hydrogens is 330 g/mol. The molecule has 1 atom stereocenters. The van der Waals surface area contributed by atoms with Gasteiger partial charge in [-0.15, -0.1) is 0 Å². The number of ether oxygens (including phenoxy) is 3. The Morgan fingerprint density at radius 2 is 1.62 bits per heavy atom. The zero-order valence-electron chi connectivity index (χ0n) is 13.9. The summed E-state index contributed by atoms with van der Waals surface area (Å²) in [6.45, 7) is 0.170. The average Bonchev–Trinajstić information content (AvgIpc) is 2.68. The summed E-state index contributed by atoms with van der Waals surface area (Å²) >= 11 is 0. The highest BCUT2D eigenvalue weighted by Crippen LogP contribution is 2.31. The van der Waals surface area contributed by atoms with E-state index in [1.54, 1.807) is 18.2 Å². The molecule has 26 heavy (non-hydrogen) atoms. The Morgan fingerprint density at radius 3 is 2.46 bits per heavy atom. The second-order valence-corrected chi connectivity index (χ2v) is 5.80. The van der Waals surface area contributed by atoms with Crippen LogP contribution in [0, 0.1) is 0 Å². The van der Waals surface area contributed by atoms with Crippen molar-refractivity contribution < 1.29 is 19.0 Å². The number of amides is 1. The van der Waals surface area contributed by atoms with Crippen LogP contribution in [0.1, 0.15) is 0 Å². The second-order valence-electron chi connectivity index (χ2n) is 5.80. The number of benzene rings is 3. The van der Waals surface area contributed by atoms with E-state index in [0.717, 1.165) is 5.75 Å². The monoisotopic (exact) mass is 347 g/mol. The van der Waals surface area contributed by atoms with Crippen molar-refractivity contribution in [3.8, 4) is 23.0 Å². The van der Waals surface area contributed by atoms with Crippen molar-refractivity contribution in [2.45, 2.75) is 6.10 Å². The minimum absolute atomic E-state index is 0.170. The molecule has 0 aliphatic carbocycles. The lowest BCUT2D eigenvalue weighted by molar-refractivity contribution is -0.125. The maximum Gasteiger partial charge on any atom is 0.269 e. The molecule has 5 heteroatoms. The Hall–Kier alpha value is -3.47. The summed E-state index contributed by atoms with van der Waals surface area (Å²) in [5, 5.41) is 2.84. The third kappa shape index (κ3) is 3.62. The molecule has 1 amide bonds. The van der Waals surface area contributed by atoms with Crippen molar-refractivity contribution in [2.24, 2.45) is 0 Å². The maximum absolute atomic E-state index is 12.5. The molecule has 0 fully saturated rings. The Labute approximate surface area is 151 Å². The molecule has 1 aliphatic rings. The number of hydrogen-bond acceptors (Lipinski definition) is 4. The first-order valence-corrected chi connectivity index (χ1v) is 8.30. The molecule has 0 aromatic heterocycles. The number of fused-ring (bicyclic) bond motifs is 1. The fourth-order valence-corrected chi connectivity index (χ4v) is 2.63. The normalized spacial score (nSPS) is 15.2. The molecule has 0 saturated heterocycles. The van der Waals surface area contributed by atoms with Crippen LogP contribution in [0.2, 0.25) is 0 Å². The summed E-state index contributed by atoms with van der Waals surface area (Å²) in [6, 6.07) is 24.0. The predicted molar refractivity (Wildman–Crippen MR) is 97.9 cm³/mol. The molecule has 0 bridgehead atoms. The zero-order valence-corrected chi connectivity index (χ0v) is 13.9. The van der Waals surface area contributed by atoms with Crippen LogP contribution >= 0.6 is 0 Å². The highest BCUT2D eigenvalue weighted by Gasteiger charge is 2.27. The van der Waals surface area contributed by atoms with Crippen LogP contribution in [0.25, 0.3) is 0 Å². The van der Waals surface area contributed by atoms with Crippen molar-refractivity contribution in [1.29, 1.82) is 0 Å². The molecule has 0 spiro atoms. The molecule has 3 aromatic rings. The smallest absolute Gasteiger partial charge is 0.269 e. The highest BCUT2D eigenvalue weighted by atomic mass is 16.6. The molecule has 1 N–H and O–H groups in total. The van der Waals surface area contributed by atoms with E-state index in [9.17, 15) is 4.79 Å². The van der Waals surface area contributed by atoms with E-state index in [1.165, 1.54) is 0 Å². The topological polar surface area (TPSA) is 56.8 Å². The van der Waals surface area contributed by atoms with Gasteiger partial charge in [0, 0.05) is 11.8 Å². The minimum atomic E-state index is -0.705. The van der Waals surface area contributed by atoms with Crippen molar-refractivity contribution in [3.63, 3.8) is 0 Å². The quantitative estimate of drug-likeness (QED) is 0.766. The lowest BCUT2D eigenvalue weighted by atomic mass is 10.2. The van der Waals surface area contributed by atoms with Crippen LogP contribution in [-0.4, -0.2) is 18.6 Å². The number of para-hydroxylation sites is 3. The number of hydrogen-bond donors (Lipinski definition) is 1. The van der Waals surface area contributed by atoms with Gasteiger partial charge in [0.05, 0.1) is 0 Å². The van der Waals surface area contributed by atoms with Crippen LogP contribution in [0.15, 0.2) is 78.9 Å². The first-order chi connectivity index (χ1) is 12.8. The molecular formula is C21H17NO4. The maximum atomic E-state index is 12.5. The van der Waals surface area contributed by atoms with Gasteiger partial charge in [-0.2, -0.15) is 0 Å². The Kier molecular flexibility index (Phi) is 4.43. The number of rotatable bonds is 4. The second kappa shape index (κ2) is 7.19. The van der Waals surface area contributed by atoms with Gasteiger partial charge in [0.25, 0.3) is 5.91 Å². The third-order valence-corrected chi connectivity index (χ3v) is 3.88. The minimum Gasteiger partial charge on any atom is -0.485 e. The van der Waals surface area contributed by atoms with Gasteiger partial charge in [-0.05, 0) is 36.4 Å². The summed E-state index contributed by atoms with van der Waals surface area (Å²) in [5.74, 6) is 2.32. The Bertz CT molecular complexity index is 911. The van der Waals surface area contributed by atoms with Gasteiger partial charge in [-0.3, -0.25) is 4.79 Å². The SMILES string of the molecule is O=C(Nc1cccc(Oc2ccccc2)c1)C1COc2ccccc2O1. The largest absolute Gasteiger partial charge is 0.485 e. The van der Waals surface area contributed by atoms with Gasteiger partial charge in [-0.1, -0.05) is 36.4 Å². The number of carbonyl (C=O) groups excluding carboxylic acids is 1. The van der Waals surface area contributed by atoms with Crippen LogP contribution in [0.4, 0.5) is 5.69 Å². The molecule has 4 rings (SSSR count). The van der Waals surface area contributed by atoms with Gasteiger partial charge in [-0.25, -0.2) is 0 Å². The van der Waals surface area contributed by atoms with E-state index >= 15 is 0 Å². The number of carbonyl (C=O) groups is 1. The first-order valence-electron chi connectivity index (χ1n) is 8.30. The molecule has 1 unspecified atom stereocenters. The summed E-state index contributed by atoms with van der Waals surface area (Å²) in [4.78, 5) is 12.5. The van der Waals surface area contributed by atoms with Gasteiger partial charge in [0.1, 0.15) is 18.1 Å². The van der Waals surface area contributed by atoms with Crippen LogP contribution in [-0.2, 0) is 4.79 Å². The van der Waals surface area contributed by atoms with E-state index in [-0.39, 0.29) is 12.5 Å². The number of anilines is 1. The van der Waals surface area contributed by atoms with E-state index in [4.69, 9.17) is 14.2 Å². The molecule has 3 aromatic carbocycles. The van der Waals surface area contributed by atoms with Gasteiger partial charge in [0.15, 0.2) is 11.5 Å². The van der Waals surface area contributed by atoms with Crippen molar-refractivity contribution in [2.75, 3.05) is 11.9 Å². The van der Waals surface area contributed by atoms with E-state index in [1.807, 2.05) is 60.7 Å². The molecule has 130 valence electrons. The highest BCUT2D eigenvalue weighted by molar-refractivity contribution is 5.94. The van der Waals surface area contributed by atoms with E-state index in [0.29, 0.717) is 22.9 Å². The van der Waals surface area contributed by atoms with Crippen LogP contribution in [0.5, 0.6) is 23.0 Å². The standard InChI is InChI=1S/C21H17NO4/c23-21(20-14-24-18-11-4-5-12-19(18)26-20)22-15-7-6-10-17(13-15)25-16-8-2-1-3-9-16/h1-13,20H,14H2,(H,22,23). The molecule has 0 saturated carbocycles. The molecule has 1 heterocycles. The van der Waals surface area contributed by atoms with Gasteiger partial charge < -0.3 is 19.5 Å². The molecule has 0 radical (unpaired) electrons. The third-order valence-electron chi connectivity index (χ3n) is 3.88. The summed E-state index contributed by atoms with van der Waals surface area (Å²) in [6.07, 6.45) is -0.705. The van der Waals surface area contributed by atoms with E-state index in [2.05, 4.69) is 5.32 Å². The lowest BCUT2D eigenvalue weighted by Crippen LogP contribution is -2.40. The van der Waals surface area contributed by atoms with Gasteiger partial charge >= 0.3 is 0 Å². The summed E-state index contributed by atoms with van der Waals surface area (Å²) in [7, 11) is 0. The van der Waals surface area contributed by atoms with Gasteiger partial charge in [0.2, 0.25) is 6.10 Å².